The highest BCUT2D eigenvalue weighted by molar-refractivity contribution is 5.75. The summed E-state index contributed by atoms with van der Waals surface area (Å²) in [7, 11) is 0. The summed E-state index contributed by atoms with van der Waals surface area (Å²) < 4.78 is 6.03. The van der Waals surface area contributed by atoms with E-state index in [1.165, 1.54) is 0 Å². The van der Waals surface area contributed by atoms with E-state index in [2.05, 4.69) is 5.32 Å². The molecule has 0 saturated carbocycles. The third kappa shape index (κ3) is 2.97. The van der Waals surface area contributed by atoms with Gasteiger partial charge in [0, 0.05) is 18.5 Å². The Hall–Kier alpha value is -2.33. The minimum Gasteiger partial charge on any atom is -0.488 e. The molecule has 1 heterocycles. The van der Waals surface area contributed by atoms with Gasteiger partial charge < -0.3 is 15.2 Å². The number of ether oxygens (including phenoxy) is 1. The highest BCUT2D eigenvalue weighted by atomic mass is 16.5. The Morgan fingerprint density at radius 3 is 2.77 bits per heavy atom. The number of aryl methyl sites for hydroxylation is 1. The van der Waals surface area contributed by atoms with E-state index in [0.717, 1.165) is 28.0 Å². The molecule has 0 unspecified atom stereocenters. The Morgan fingerprint density at radius 1 is 1.27 bits per heavy atom. The average Bonchev–Trinajstić information content (AvgIpc) is 2.54. The zero-order chi connectivity index (χ0) is 15.5. The van der Waals surface area contributed by atoms with Crippen LogP contribution in [-0.4, -0.2) is 17.1 Å². The minimum absolute atomic E-state index is 0.455. The number of hydrogen-bond donors (Lipinski definition) is 2. The van der Waals surface area contributed by atoms with E-state index in [0.29, 0.717) is 19.6 Å². The van der Waals surface area contributed by atoms with Crippen molar-refractivity contribution in [2.24, 2.45) is 0 Å². The number of hydrogen-bond acceptors (Lipinski definition) is 3. The molecular weight excluding hydrogens is 278 g/mol. The summed E-state index contributed by atoms with van der Waals surface area (Å²) in [6, 6.07) is 13.5. The van der Waals surface area contributed by atoms with Gasteiger partial charge in [0.2, 0.25) is 0 Å². The normalized spacial score (nSPS) is 16.9. The summed E-state index contributed by atoms with van der Waals surface area (Å²) in [5.41, 5.74) is 4.28. The van der Waals surface area contributed by atoms with Crippen LogP contribution < -0.4 is 10.1 Å². The number of benzene rings is 2. The van der Waals surface area contributed by atoms with E-state index >= 15 is 0 Å². The first-order valence-electron chi connectivity index (χ1n) is 7.39. The molecule has 22 heavy (non-hydrogen) atoms. The van der Waals surface area contributed by atoms with Crippen LogP contribution in [0.4, 0.5) is 0 Å². The standard InChI is InChI=1S/C18H19NO3/c1-12-7-8-14-10-19-16(18(20)21)9-15(14)17(12)22-11-13-5-3-2-4-6-13/h2-8,16,19H,9-11H2,1H3,(H,20,21)/t16-/m0/s1. The Balaban J connectivity index is 1.86. The molecule has 0 radical (unpaired) electrons. The molecule has 4 heteroatoms. The van der Waals surface area contributed by atoms with Gasteiger partial charge in [-0.15, -0.1) is 0 Å². The molecule has 0 amide bonds. The molecule has 1 aliphatic rings. The lowest BCUT2D eigenvalue weighted by Gasteiger charge is -2.26. The Labute approximate surface area is 129 Å². The maximum Gasteiger partial charge on any atom is 0.321 e. The fourth-order valence-electron chi connectivity index (χ4n) is 2.79. The van der Waals surface area contributed by atoms with Gasteiger partial charge in [-0.05, 0) is 23.6 Å². The topological polar surface area (TPSA) is 58.6 Å². The maximum atomic E-state index is 11.2. The van der Waals surface area contributed by atoms with Crippen LogP contribution in [0.25, 0.3) is 0 Å². The second-order valence-electron chi connectivity index (χ2n) is 5.60. The molecule has 0 bridgehead atoms. The summed E-state index contributed by atoms with van der Waals surface area (Å²) >= 11 is 0. The van der Waals surface area contributed by atoms with Gasteiger partial charge >= 0.3 is 5.97 Å². The molecule has 1 aliphatic heterocycles. The van der Waals surface area contributed by atoms with Crippen LogP contribution in [0.1, 0.15) is 22.3 Å². The molecule has 114 valence electrons. The Morgan fingerprint density at radius 2 is 2.05 bits per heavy atom. The fourth-order valence-corrected chi connectivity index (χ4v) is 2.79. The monoisotopic (exact) mass is 297 g/mol. The van der Waals surface area contributed by atoms with Crippen molar-refractivity contribution in [2.75, 3.05) is 0 Å². The van der Waals surface area contributed by atoms with E-state index in [-0.39, 0.29) is 0 Å². The van der Waals surface area contributed by atoms with Crippen molar-refractivity contribution in [3.8, 4) is 5.75 Å². The summed E-state index contributed by atoms with van der Waals surface area (Å²) in [6.45, 7) is 3.05. The number of rotatable bonds is 4. The van der Waals surface area contributed by atoms with Gasteiger partial charge in [-0.1, -0.05) is 42.5 Å². The number of carboxylic acid groups (broad SMARTS) is 1. The molecular formula is C18H19NO3. The maximum absolute atomic E-state index is 11.2. The van der Waals surface area contributed by atoms with E-state index in [4.69, 9.17) is 4.74 Å². The quantitative estimate of drug-likeness (QED) is 0.911. The molecule has 2 aromatic rings. The zero-order valence-corrected chi connectivity index (χ0v) is 12.5. The molecule has 0 aromatic heterocycles. The van der Waals surface area contributed by atoms with Crippen molar-refractivity contribution in [2.45, 2.75) is 32.5 Å². The molecule has 3 rings (SSSR count). The first kappa shape index (κ1) is 14.6. The third-order valence-corrected chi connectivity index (χ3v) is 4.03. The molecule has 0 saturated heterocycles. The summed E-state index contributed by atoms with van der Waals surface area (Å²) in [4.78, 5) is 11.2. The summed E-state index contributed by atoms with van der Waals surface area (Å²) in [5, 5.41) is 12.3. The van der Waals surface area contributed by atoms with Crippen molar-refractivity contribution in [3.05, 3.63) is 64.7 Å². The van der Waals surface area contributed by atoms with E-state index in [9.17, 15) is 9.90 Å². The lowest BCUT2D eigenvalue weighted by Crippen LogP contribution is -2.41. The molecule has 0 aliphatic carbocycles. The highest BCUT2D eigenvalue weighted by Crippen LogP contribution is 2.31. The summed E-state index contributed by atoms with van der Waals surface area (Å²) in [5.74, 6) is 0.00951. The predicted octanol–water partition coefficient (Wildman–Crippen LogP) is 2.67. The molecule has 0 fully saturated rings. The molecule has 1 atom stereocenters. The van der Waals surface area contributed by atoms with Crippen molar-refractivity contribution < 1.29 is 14.6 Å². The molecule has 4 nitrogen and oxygen atoms in total. The van der Waals surface area contributed by atoms with Gasteiger partial charge in [-0.25, -0.2) is 0 Å². The Bertz CT molecular complexity index is 682. The number of fused-ring (bicyclic) bond motifs is 1. The minimum atomic E-state index is -0.818. The summed E-state index contributed by atoms with van der Waals surface area (Å²) in [6.07, 6.45) is 0.455. The lowest BCUT2D eigenvalue weighted by molar-refractivity contribution is -0.139. The van der Waals surface area contributed by atoms with Gasteiger partial charge in [0.1, 0.15) is 18.4 Å². The lowest BCUT2D eigenvalue weighted by atomic mass is 9.93. The third-order valence-electron chi connectivity index (χ3n) is 4.03. The first-order chi connectivity index (χ1) is 10.6. The SMILES string of the molecule is Cc1ccc2c(c1OCc1ccccc1)C[C@@H](C(=O)O)NC2. The van der Waals surface area contributed by atoms with Crippen molar-refractivity contribution >= 4 is 5.97 Å². The van der Waals surface area contributed by atoms with E-state index in [1.54, 1.807) is 0 Å². The average molecular weight is 297 g/mol. The number of nitrogens with one attached hydrogen (secondary N) is 1. The molecule has 2 N–H and O–H groups in total. The van der Waals surface area contributed by atoms with Gasteiger partial charge in [0.25, 0.3) is 0 Å². The van der Waals surface area contributed by atoms with Crippen LogP contribution >= 0.6 is 0 Å². The van der Waals surface area contributed by atoms with Gasteiger partial charge in [-0.2, -0.15) is 0 Å². The van der Waals surface area contributed by atoms with E-state index in [1.807, 2.05) is 49.4 Å². The first-order valence-corrected chi connectivity index (χ1v) is 7.39. The predicted molar refractivity (Wildman–Crippen MR) is 83.9 cm³/mol. The number of aliphatic carboxylic acids is 1. The smallest absolute Gasteiger partial charge is 0.321 e. The van der Waals surface area contributed by atoms with Crippen LogP contribution in [0.5, 0.6) is 5.75 Å². The van der Waals surface area contributed by atoms with Crippen LogP contribution in [0.15, 0.2) is 42.5 Å². The second-order valence-corrected chi connectivity index (χ2v) is 5.60. The highest BCUT2D eigenvalue weighted by Gasteiger charge is 2.26. The number of carboxylic acids is 1. The van der Waals surface area contributed by atoms with Crippen LogP contribution in [-0.2, 0) is 24.4 Å². The fraction of sp³-hybridized carbons (Fsp3) is 0.278. The van der Waals surface area contributed by atoms with E-state index < -0.39 is 12.0 Å². The second kappa shape index (κ2) is 6.20. The van der Waals surface area contributed by atoms with Crippen LogP contribution in [0, 0.1) is 6.92 Å². The Kier molecular flexibility index (Phi) is 4.11. The largest absolute Gasteiger partial charge is 0.488 e. The van der Waals surface area contributed by atoms with Gasteiger partial charge in [0.05, 0.1) is 0 Å². The van der Waals surface area contributed by atoms with Crippen molar-refractivity contribution in [3.63, 3.8) is 0 Å². The van der Waals surface area contributed by atoms with Crippen molar-refractivity contribution in [1.82, 2.24) is 5.32 Å². The van der Waals surface area contributed by atoms with Gasteiger partial charge in [0.15, 0.2) is 0 Å². The van der Waals surface area contributed by atoms with Crippen molar-refractivity contribution in [1.29, 1.82) is 0 Å². The molecule has 0 spiro atoms. The van der Waals surface area contributed by atoms with Gasteiger partial charge in [-0.3, -0.25) is 4.79 Å². The zero-order valence-electron chi connectivity index (χ0n) is 12.5. The number of carbonyl (C=O) groups is 1. The molecule has 2 aromatic carbocycles. The van der Waals surface area contributed by atoms with Crippen LogP contribution in [0.2, 0.25) is 0 Å². The van der Waals surface area contributed by atoms with Crippen LogP contribution in [0.3, 0.4) is 0 Å².